The Morgan fingerprint density at radius 1 is 0.893 bits per heavy atom. The molecular formula is C18H13F6NO3. The Morgan fingerprint density at radius 3 is 2.00 bits per heavy atom. The SMILES string of the molecule is C[C@H](OC(=O)c1cccc(C(F)(F)F)c1)C(=O)Nc1ccc(C(F)(F)F)cc1. The van der Waals surface area contributed by atoms with Gasteiger partial charge in [-0.05, 0) is 49.4 Å². The minimum absolute atomic E-state index is 0.0277. The maximum Gasteiger partial charge on any atom is 0.416 e. The maximum atomic E-state index is 12.7. The van der Waals surface area contributed by atoms with Gasteiger partial charge in [-0.2, -0.15) is 26.3 Å². The average molecular weight is 405 g/mol. The Morgan fingerprint density at radius 2 is 1.46 bits per heavy atom. The molecule has 0 aliphatic heterocycles. The molecule has 0 aliphatic rings. The quantitative estimate of drug-likeness (QED) is 0.581. The number of ether oxygens (including phenoxy) is 1. The maximum absolute atomic E-state index is 12.7. The molecule has 2 aromatic rings. The first kappa shape index (κ1) is 21.3. The zero-order valence-corrected chi connectivity index (χ0v) is 14.2. The number of nitrogens with one attached hydrogen (secondary N) is 1. The van der Waals surface area contributed by atoms with E-state index in [0.717, 1.165) is 42.5 Å². The van der Waals surface area contributed by atoms with Gasteiger partial charge >= 0.3 is 18.3 Å². The third-order valence-electron chi connectivity index (χ3n) is 3.56. The number of halogens is 6. The van der Waals surface area contributed by atoms with Gasteiger partial charge in [0.25, 0.3) is 5.91 Å². The summed E-state index contributed by atoms with van der Waals surface area (Å²) in [6, 6.07) is 7.03. The number of hydrogen-bond acceptors (Lipinski definition) is 3. The number of carbonyl (C=O) groups excluding carboxylic acids is 2. The van der Waals surface area contributed by atoms with E-state index in [1.807, 2.05) is 0 Å². The molecule has 0 fully saturated rings. The molecule has 4 nitrogen and oxygen atoms in total. The van der Waals surface area contributed by atoms with Gasteiger partial charge in [0.1, 0.15) is 0 Å². The number of hydrogen-bond donors (Lipinski definition) is 1. The van der Waals surface area contributed by atoms with E-state index in [0.29, 0.717) is 6.07 Å². The molecule has 0 aliphatic carbocycles. The smallest absolute Gasteiger partial charge is 0.416 e. The van der Waals surface area contributed by atoms with Crippen LogP contribution in [0.15, 0.2) is 48.5 Å². The van der Waals surface area contributed by atoms with Crippen LogP contribution in [0.1, 0.15) is 28.4 Å². The molecule has 0 heterocycles. The lowest BCUT2D eigenvalue weighted by molar-refractivity contribution is -0.138. The summed E-state index contributed by atoms with van der Waals surface area (Å²) in [4.78, 5) is 23.9. The second kappa shape index (κ2) is 7.91. The Hall–Kier alpha value is -3.04. The van der Waals surface area contributed by atoms with Crippen molar-refractivity contribution in [2.24, 2.45) is 0 Å². The van der Waals surface area contributed by atoms with E-state index in [1.54, 1.807) is 0 Å². The zero-order valence-electron chi connectivity index (χ0n) is 14.2. The summed E-state index contributed by atoms with van der Waals surface area (Å²) in [5.74, 6) is -2.01. The highest BCUT2D eigenvalue weighted by molar-refractivity contribution is 5.97. The van der Waals surface area contributed by atoms with Crippen LogP contribution in [0.4, 0.5) is 32.0 Å². The first-order chi connectivity index (χ1) is 12.9. The van der Waals surface area contributed by atoms with Gasteiger partial charge in [0.05, 0.1) is 16.7 Å². The Labute approximate surface area is 155 Å². The van der Waals surface area contributed by atoms with Gasteiger partial charge in [-0.25, -0.2) is 4.79 Å². The van der Waals surface area contributed by atoms with Crippen LogP contribution in [-0.4, -0.2) is 18.0 Å². The van der Waals surface area contributed by atoms with Crippen LogP contribution in [0.2, 0.25) is 0 Å². The topological polar surface area (TPSA) is 55.4 Å². The van der Waals surface area contributed by atoms with Crippen LogP contribution >= 0.6 is 0 Å². The molecule has 10 heteroatoms. The van der Waals surface area contributed by atoms with Gasteiger partial charge in [-0.1, -0.05) is 6.07 Å². The second-order valence-corrected chi connectivity index (χ2v) is 5.69. The number of amides is 1. The summed E-state index contributed by atoms with van der Waals surface area (Å²) < 4.78 is 80.4. The van der Waals surface area contributed by atoms with E-state index < -0.39 is 47.0 Å². The van der Waals surface area contributed by atoms with Crippen molar-refractivity contribution in [1.82, 2.24) is 0 Å². The predicted molar refractivity (Wildman–Crippen MR) is 86.4 cm³/mol. The molecule has 2 aromatic carbocycles. The Kier molecular flexibility index (Phi) is 6.01. The van der Waals surface area contributed by atoms with Gasteiger partial charge in [-0.3, -0.25) is 4.79 Å². The number of benzene rings is 2. The molecule has 0 radical (unpaired) electrons. The Bertz CT molecular complexity index is 859. The van der Waals surface area contributed by atoms with Gasteiger partial charge < -0.3 is 10.1 Å². The molecule has 0 spiro atoms. The van der Waals surface area contributed by atoms with E-state index in [1.165, 1.54) is 6.92 Å². The van der Waals surface area contributed by atoms with Crippen molar-refractivity contribution in [1.29, 1.82) is 0 Å². The van der Waals surface area contributed by atoms with Crippen LogP contribution in [0.5, 0.6) is 0 Å². The zero-order chi connectivity index (χ0) is 21.1. The molecule has 0 saturated carbocycles. The summed E-state index contributed by atoms with van der Waals surface area (Å²) in [5.41, 5.74) is -2.33. The third kappa shape index (κ3) is 5.48. The van der Waals surface area contributed by atoms with Gasteiger partial charge in [0.2, 0.25) is 0 Å². The van der Waals surface area contributed by atoms with Gasteiger partial charge in [-0.15, -0.1) is 0 Å². The summed E-state index contributed by atoms with van der Waals surface area (Å²) in [6.45, 7) is 1.17. The number of esters is 1. The highest BCUT2D eigenvalue weighted by atomic mass is 19.4. The molecule has 28 heavy (non-hydrogen) atoms. The molecule has 1 N–H and O–H groups in total. The molecule has 1 atom stereocenters. The lowest BCUT2D eigenvalue weighted by atomic mass is 10.1. The number of alkyl halides is 6. The summed E-state index contributed by atoms with van der Waals surface area (Å²) >= 11 is 0. The van der Waals surface area contributed by atoms with Crippen molar-refractivity contribution in [2.75, 3.05) is 5.32 Å². The predicted octanol–water partition coefficient (Wildman–Crippen LogP) is 4.91. The fourth-order valence-electron chi connectivity index (χ4n) is 2.09. The Balaban J connectivity index is 2.01. The molecule has 0 aromatic heterocycles. The normalized spacial score (nSPS) is 13.0. The fourth-order valence-corrected chi connectivity index (χ4v) is 2.09. The fraction of sp³-hybridized carbons (Fsp3) is 0.222. The van der Waals surface area contributed by atoms with E-state index in [-0.39, 0.29) is 5.69 Å². The van der Waals surface area contributed by atoms with Crippen molar-refractivity contribution >= 4 is 17.6 Å². The minimum Gasteiger partial charge on any atom is -0.449 e. The van der Waals surface area contributed by atoms with E-state index >= 15 is 0 Å². The van der Waals surface area contributed by atoms with Gasteiger partial charge in [0, 0.05) is 5.69 Å². The van der Waals surface area contributed by atoms with Crippen LogP contribution in [0.25, 0.3) is 0 Å². The van der Waals surface area contributed by atoms with Crippen LogP contribution in [0.3, 0.4) is 0 Å². The van der Waals surface area contributed by atoms with E-state index in [9.17, 15) is 35.9 Å². The molecular weight excluding hydrogens is 392 g/mol. The number of carbonyl (C=O) groups is 2. The van der Waals surface area contributed by atoms with Gasteiger partial charge in [0.15, 0.2) is 6.10 Å². The number of rotatable bonds is 4. The van der Waals surface area contributed by atoms with E-state index in [4.69, 9.17) is 4.74 Å². The lowest BCUT2D eigenvalue weighted by Crippen LogP contribution is -2.30. The van der Waals surface area contributed by atoms with Crippen molar-refractivity contribution in [2.45, 2.75) is 25.4 Å². The molecule has 0 saturated heterocycles. The lowest BCUT2D eigenvalue weighted by Gasteiger charge is -2.15. The highest BCUT2D eigenvalue weighted by Crippen LogP contribution is 2.30. The molecule has 0 bridgehead atoms. The highest BCUT2D eigenvalue weighted by Gasteiger charge is 2.32. The van der Waals surface area contributed by atoms with E-state index in [2.05, 4.69) is 5.32 Å². The monoisotopic (exact) mass is 405 g/mol. The van der Waals surface area contributed by atoms with Crippen molar-refractivity contribution in [3.8, 4) is 0 Å². The molecule has 1 amide bonds. The third-order valence-corrected chi connectivity index (χ3v) is 3.56. The average Bonchev–Trinajstić information content (AvgIpc) is 2.60. The molecule has 150 valence electrons. The second-order valence-electron chi connectivity index (χ2n) is 5.69. The molecule has 2 rings (SSSR count). The summed E-state index contributed by atoms with van der Waals surface area (Å²) in [7, 11) is 0. The number of anilines is 1. The first-order valence-electron chi connectivity index (χ1n) is 7.74. The van der Waals surface area contributed by atoms with Crippen LogP contribution in [0, 0.1) is 0 Å². The first-order valence-corrected chi connectivity index (χ1v) is 7.74. The van der Waals surface area contributed by atoms with Crippen molar-refractivity contribution in [3.05, 3.63) is 65.2 Å². The standard InChI is InChI=1S/C18H13F6NO3/c1-10(15(26)25-14-7-5-12(6-8-14)17(19,20)21)28-16(27)11-3-2-4-13(9-11)18(22,23)24/h2-10H,1H3,(H,25,26)/t10-/m0/s1. The molecule has 0 unspecified atom stereocenters. The summed E-state index contributed by atoms with van der Waals surface area (Å²) in [5, 5.41) is 2.25. The minimum atomic E-state index is -4.65. The van der Waals surface area contributed by atoms with Crippen LogP contribution < -0.4 is 5.32 Å². The van der Waals surface area contributed by atoms with Crippen molar-refractivity contribution in [3.63, 3.8) is 0 Å². The largest absolute Gasteiger partial charge is 0.449 e. The summed E-state index contributed by atoms with van der Waals surface area (Å²) in [6.07, 6.45) is -10.6. The van der Waals surface area contributed by atoms with Crippen LogP contribution in [-0.2, 0) is 21.9 Å². The van der Waals surface area contributed by atoms with Crippen molar-refractivity contribution < 1.29 is 40.7 Å².